The molecule has 0 fully saturated rings. The number of guanidine groups is 1. The van der Waals surface area contributed by atoms with Crippen LogP contribution in [0.5, 0.6) is 5.75 Å². The molecule has 0 aliphatic carbocycles. The van der Waals surface area contributed by atoms with E-state index in [0.717, 1.165) is 0 Å². The van der Waals surface area contributed by atoms with E-state index in [4.69, 9.17) is 9.47 Å². The van der Waals surface area contributed by atoms with Crippen LogP contribution in [-0.4, -0.2) is 41.2 Å². The number of rotatable bonds is 5. The van der Waals surface area contributed by atoms with Crippen LogP contribution in [0.2, 0.25) is 0 Å². The van der Waals surface area contributed by atoms with Gasteiger partial charge >= 0.3 is 0 Å². The Balaban J connectivity index is 0.00000261. The van der Waals surface area contributed by atoms with Gasteiger partial charge in [0.1, 0.15) is 11.6 Å². The third-order valence-corrected chi connectivity index (χ3v) is 3.99. The van der Waals surface area contributed by atoms with E-state index in [9.17, 15) is 9.50 Å². The molecule has 2 heterocycles. The Hall–Kier alpha value is -1.92. The number of halogens is 2. The molecule has 0 bridgehead atoms. The number of fused-ring (bicyclic) bond motifs is 1. The first-order valence-electron chi connectivity index (χ1n) is 8.19. The molecule has 2 aromatic rings. The van der Waals surface area contributed by atoms with E-state index >= 15 is 0 Å². The molecule has 148 valence electrons. The van der Waals surface area contributed by atoms with Crippen molar-refractivity contribution in [3.05, 3.63) is 47.0 Å². The lowest BCUT2D eigenvalue weighted by Crippen LogP contribution is -2.39. The molecule has 0 radical (unpaired) electrons. The number of aliphatic hydroxyl groups is 1. The van der Waals surface area contributed by atoms with Gasteiger partial charge in [0.2, 0.25) is 0 Å². The molecule has 1 atom stereocenters. The molecule has 1 aliphatic rings. The van der Waals surface area contributed by atoms with E-state index in [2.05, 4.69) is 20.7 Å². The van der Waals surface area contributed by atoms with E-state index in [-0.39, 0.29) is 43.1 Å². The van der Waals surface area contributed by atoms with Crippen molar-refractivity contribution >= 4 is 29.9 Å². The first kappa shape index (κ1) is 21.4. The topological polar surface area (TPSA) is 92.9 Å². The monoisotopic (exact) mass is 491 g/mol. The summed E-state index contributed by atoms with van der Waals surface area (Å²) in [5.74, 6) is 0.776. The minimum atomic E-state index is -0.718. The average Bonchev–Trinajstić information content (AvgIpc) is 3.07. The Morgan fingerprint density at radius 1 is 1.44 bits per heavy atom. The molecule has 10 heteroatoms. The van der Waals surface area contributed by atoms with Crippen LogP contribution in [0.3, 0.4) is 0 Å². The Bertz CT molecular complexity index is 799. The van der Waals surface area contributed by atoms with Crippen LogP contribution < -0.4 is 15.4 Å². The second kappa shape index (κ2) is 9.85. The second-order valence-electron chi connectivity index (χ2n) is 5.93. The highest BCUT2D eigenvalue weighted by Crippen LogP contribution is 2.29. The molecule has 1 aromatic carbocycles. The van der Waals surface area contributed by atoms with Crippen molar-refractivity contribution < 1.29 is 19.0 Å². The molecule has 3 rings (SSSR count). The van der Waals surface area contributed by atoms with Crippen molar-refractivity contribution in [1.82, 2.24) is 20.4 Å². The van der Waals surface area contributed by atoms with E-state index in [1.165, 1.54) is 12.1 Å². The number of aryl methyl sites for hydroxylation is 1. The van der Waals surface area contributed by atoms with E-state index < -0.39 is 6.10 Å². The summed E-state index contributed by atoms with van der Waals surface area (Å²) in [6.45, 7) is 1.06. The van der Waals surface area contributed by atoms with Gasteiger partial charge in [-0.25, -0.2) is 4.39 Å². The molecule has 8 nitrogen and oxygen atoms in total. The zero-order valence-electron chi connectivity index (χ0n) is 15.1. The molecule has 0 saturated heterocycles. The van der Waals surface area contributed by atoms with Crippen molar-refractivity contribution in [1.29, 1.82) is 0 Å². The summed E-state index contributed by atoms with van der Waals surface area (Å²) in [5, 5.41) is 20.3. The Morgan fingerprint density at radius 3 is 2.96 bits per heavy atom. The number of benzene rings is 1. The quantitative estimate of drug-likeness (QED) is 0.333. The Labute approximate surface area is 173 Å². The number of aromatic nitrogens is 2. The lowest BCUT2D eigenvalue weighted by molar-refractivity contribution is -0.0173. The molecule has 0 saturated carbocycles. The first-order valence-corrected chi connectivity index (χ1v) is 8.19. The van der Waals surface area contributed by atoms with Gasteiger partial charge in [-0.3, -0.25) is 9.67 Å². The summed E-state index contributed by atoms with van der Waals surface area (Å²) in [7, 11) is 3.41. The van der Waals surface area contributed by atoms with Crippen molar-refractivity contribution in [3.8, 4) is 5.75 Å². The van der Waals surface area contributed by atoms with Gasteiger partial charge in [0.05, 0.1) is 18.9 Å². The highest BCUT2D eigenvalue weighted by atomic mass is 127. The molecule has 1 aliphatic heterocycles. The maximum atomic E-state index is 13.8. The Morgan fingerprint density at radius 2 is 2.26 bits per heavy atom. The number of aliphatic imine (C=N–C) groups is 1. The summed E-state index contributed by atoms with van der Waals surface area (Å²) in [6, 6.07) is 2.84. The minimum Gasteiger partial charge on any atom is -0.467 e. The maximum absolute atomic E-state index is 13.8. The number of nitrogens with one attached hydrogen (secondary N) is 2. The van der Waals surface area contributed by atoms with Gasteiger partial charge in [0.15, 0.2) is 12.8 Å². The van der Waals surface area contributed by atoms with Crippen molar-refractivity contribution in [3.63, 3.8) is 0 Å². The maximum Gasteiger partial charge on any atom is 0.191 e. The number of ether oxygens (including phenoxy) is 2. The van der Waals surface area contributed by atoms with Crippen LogP contribution >= 0.6 is 24.0 Å². The largest absolute Gasteiger partial charge is 0.467 e. The standard InChI is InChI=1S/C17H22FN5O3.HI/c1-19-17(21-7-15(24)13-6-22-23(2)8-13)20-5-11-3-14(18)4-12-9-25-10-26-16(11)12;/h3-4,6,8,15,24H,5,7,9-10H2,1-2H3,(H2,19,20,21);1H. The highest BCUT2D eigenvalue weighted by Gasteiger charge is 2.17. The molecule has 0 amide bonds. The minimum absolute atomic E-state index is 0. The Kier molecular flexibility index (Phi) is 7.80. The SMILES string of the molecule is CN=C(NCc1cc(F)cc2c1OCOC2)NCC(O)c1cnn(C)c1.I. The van der Waals surface area contributed by atoms with Gasteiger partial charge in [-0.2, -0.15) is 5.10 Å². The molecule has 1 unspecified atom stereocenters. The highest BCUT2D eigenvalue weighted by molar-refractivity contribution is 14.0. The van der Waals surface area contributed by atoms with Crippen LogP contribution in [-0.2, 0) is 24.9 Å². The molecular weight excluding hydrogens is 468 g/mol. The summed E-state index contributed by atoms with van der Waals surface area (Å²) in [5.41, 5.74) is 2.07. The molecule has 1 aromatic heterocycles. The predicted molar refractivity (Wildman–Crippen MR) is 108 cm³/mol. The third kappa shape index (κ3) is 5.53. The first-order chi connectivity index (χ1) is 12.6. The van der Waals surface area contributed by atoms with Gasteiger partial charge in [-0.1, -0.05) is 0 Å². The van der Waals surface area contributed by atoms with Gasteiger partial charge < -0.3 is 25.2 Å². The molecular formula is C17H23FIN5O3. The summed E-state index contributed by atoms with van der Waals surface area (Å²) in [4.78, 5) is 4.11. The van der Waals surface area contributed by atoms with Crippen LogP contribution in [0.1, 0.15) is 22.8 Å². The van der Waals surface area contributed by atoms with Crippen molar-refractivity contribution in [2.75, 3.05) is 20.4 Å². The van der Waals surface area contributed by atoms with E-state index in [1.54, 1.807) is 31.2 Å². The van der Waals surface area contributed by atoms with Crippen LogP contribution in [0, 0.1) is 5.82 Å². The fourth-order valence-corrected chi connectivity index (χ4v) is 2.71. The fourth-order valence-electron chi connectivity index (χ4n) is 2.71. The van der Waals surface area contributed by atoms with Gasteiger partial charge in [-0.15, -0.1) is 24.0 Å². The van der Waals surface area contributed by atoms with Crippen molar-refractivity contribution in [2.24, 2.45) is 12.0 Å². The van der Waals surface area contributed by atoms with Crippen LogP contribution in [0.4, 0.5) is 4.39 Å². The number of hydrogen-bond acceptors (Lipinski definition) is 5. The van der Waals surface area contributed by atoms with Crippen molar-refractivity contribution in [2.45, 2.75) is 19.3 Å². The summed E-state index contributed by atoms with van der Waals surface area (Å²) < 4.78 is 26.1. The zero-order chi connectivity index (χ0) is 18.5. The molecule has 0 spiro atoms. The third-order valence-electron chi connectivity index (χ3n) is 3.99. The van der Waals surface area contributed by atoms with E-state index in [1.807, 2.05) is 0 Å². The van der Waals surface area contributed by atoms with Crippen LogP contribution in [0.25, 0.3) is 0 Å². The smallest absolute Gasteiger partial charge is 0.191 e. The van der Waals surface area contributed by atoms with Gasteiger partial charge in [-0.05, 0) is 12.1 Å². The number of hydrogen-bond donors (Lipinski definition) is 3. The summed E-state index contributed by atoms with van der Waals surface area (Å²) >= 11 is 0. The zero-order valence-corrected chi connectivity index (χ0v) is 17.4. The van der Waals surface area contributed by atoms with Gasteiger partial charge in [0.25, 0.3) is 0 Å². The second-order valence-corrected chi connectivity index (χ2v) is 5.93. The summed E-state index contributed by atoms with van der Waals surface area (Å²) in [6.07, 6.45) is 2.65. The molecule has 27 heavy (non-hydrogen) atoms. The predicted octanol–water partition coefficient (Wildman–Crippen LogP) is 1.44. The number of aliphatic hydroxyl groups excluding tert-OH is 1. The normalized spacial score (nSPS) is 14.6. The average molecular weight is 491 g/mol. The number of nitrogens with zero attached hydrogens (tertiary/aromatic N) is 3. The van der Waals surface area contributed by atoms with Crippen LogP contribution in [0.15, 0.2) is 29.5 Å². The van der Waals surface area contributed by atoms with Gasteiger partial charge in [0, 0.05) is 50.1 Å². The fraction of sp³-hybridized carbons (Fsp3) is 0.412. The van der Waals surface area contributed by atoms with E-state index in [0.29, 0.717) is 41.6 Å². The molecule has 3 N–H and O–H groups in total. The lowest BCUT2D eigenvalue weighted by Gasteiger charge is -2.21. The lowest BCUT2D eigenvalue weighted by atomic mass is 10.1.